The number of rotatable bonds is 5. The number of carbonyl (C=O) groups is 2. The van der Waals surface area contributed by atoms with Gasteiger partial charge >= 0.3 is 0 Å². The van der Waals surface area contributed by atoms with Crippen molar-refractivity contribution in [3.05, 3.63) is 70.5 Å². The molecule has 7 heteroatoms. The molecular formula is C21H21BrFN3O2. The van der Waals surface area contributed by atoms with Crippen molar-refractivity contribution in [2.24, 2.45) is 0 Å². The summed E-state index contributed by atoms with van der Waals surface area (Å²) >= 11 is 3.26. The second kappa shape index (κ2) is 9.50. The van der Waals surface area contributed by atoms with Crippen molar-refractivity contribution in [2.75, 3.05) is 37.6 Å². The van der Waals surface area contributed by atoms with E-state index in [1.165, 1.54) is 18.2 Å². The lowest BCUT2D eigenvalue weighted by atomic mass is 10.2. The molecule has 2 amide bonds. The Kier molecular flexibility index (Phi) is 6.81. The Balaban J connectivity index is 1.45. The topological polar surface area (TPSA) is 52.7 Å². The van der Waals surface area contributed by atoms with E-state index in [9.17, 15) is 14.0 Å². The molecule has 5 nitrogen and oxygen atoms in total. The molecule has 0 atom stereocenters. The summed E-state index contributed by atoms with van der Waals surface area (Å²) in [6, 6.07) is 14.6. The third-order valence-corrected chi connectivity index (χ3v) is 5.03. The fraction of sp³-hybridized carbons (Fsp3) is 0.238. The minimum absolute atomic E-state index is 0.0739. The van der Waals surface area contributed by atoms with Crippen LogP contribution in [0.3, 0.4) is 0 Å². The van der Waals surface area contributed by atoms with Crippen molar-refractivity contribution in [1.82, 2.24) is 10.2 Å². The van der Waals surface area contributed by atoms with Gasteiger partial charge in [-0.2, -0.15) is 0 Å². The molecule has 0 bridgehead atoms. The summed E-state index contributed by atoms with van der Waals surface area (Å²) < 4.78 is 14.4. The highest BCUT2D eigenvalue weighted by molar-refractivity contribution is 9.10. The molecular weight excluding hydrogens is 425 g/mol. The van der Waals surface area contributed by atoms with Gasteiger partial charge in [0.2, 0.25) is 11.8 Å². The zero-order valence-corrected chi connectivity index (χ0v) is 16.9. The van der Waals surface area contributed by atoms with Gasteiger partial charge in [-0.15, -0.1) is 0 Å². The zero-order chi connectivity index (χ0) is 19.9. The Labute approximate surface area is 172 Å². The second-order valence-corrected chi connectivity index (χ2v) is 7.34. The maximum atomic E-state index is 13.7. The molecule has 3 rings (SSSR count). The molecule has 1 saturated heterocycles. The molecule has 0 aromatic heterocycles. The molecule has 28 heavy (non-hydrogen) atoms. The van der Waals surface area contributed by atoms with Gasteiger partial charge < -0.3 is 15.1 Å². The number of carbonyl (C=O) groups excluding carboxylic acids is 2. The van der Waals surface area contributed by atoms with Crippen LogP contribution in [0.15, 0.2) is 59.1 Å². The number of anilines is 1. The number of halogens is 2. The van der Waals surface area contributed by atoms with Crippen molar-refractivity contribution in [3.63, 3.8) is 0 Å². The van der Waals surface area contributed by atoms with E-state index in [-0.39, 0.29) is 12.5 Å². The van der Waals surface area contributed by atoms with Crippen molar-refractivity contribution >= 4 is 39.5 Å². The number of amides is 2. The SMILES string of the molecule is O=C(/C=C/c1cc(Br)ccc1F)NCC(=O)N1CCN(c2ccccc2)CC1. The average molecular weight is 446 g/mol. The van der Waals surface area contributed by atoms with E-state index in [1.807, 2.05) is 18.2 Å². The van der Waals surface area contributed by atoms with Crippen LogP contribution in [0, 0.1) is 5.82 Å². The molecule has 0 spiro atoms. The standard InChI is InChI=1S/C21H21BrFN3O2/c22-17-7-8-19(23)16(14-17)6-9-20(27)24-15-21(28)26-12-10-25(11-13-26)18-4-2-1-3-5-18/h1-9,14H,10-13,15H2,(H,24,27)/b9-6+. The molecule has 0 unspecified atom stereocenters. The largest absolute Gasteiger partial charge is 0.368 e. The van der Waals surface area contributed by atoms with E-state index in [4.69, 9.17) is 0 Å². The molecule has 146 valence electrons. The first kappa shape index (κ1) is 20.1. The van der Waals surface area contributed by atoms with E-state index in [2.05, 4.69) is 38.3 Å². The van der Waals surface area contributed by atoms with Crippen LogP contribution in [0.5, 0.6) is 0 Å². The fourth-order valence-corrected chi connectivity index (χ4v) is 3.37. The van der Waals surface area contributed by atoms with E-state index >= 15 is 0 Å². The molecule has 0 aliphatic carbocycles. The summed E-state index contributed by atoms with van der Waals surface area (Å²) in [4.78, 5) is 28.2. The first-order chi connectivity index (χ1) is 13.5. The minimum Gasteiger partial charge on any atom is -0.368 e. The Hall–Kier alpha value is -2.67. The smallest absolute Gasteiger partial charge is 0.244 e. The molecule has 1 aliphatic heterocycles. The van der Waals surface area contributed by atoms with Gasteiger partial charge in [0.1, 0.15) is 5.82 Å². The van der Waals surface area contributed by atoms with Crippen molar-refractivity contribution in [1.29, 1.82) is 0 Å². The maximum Gasteiger partial charge on any atom is 0.244 e. The van der Waals surface area contributed by atoms with E-state index in [1.54, 1.807) is 17.0 Å². The third kappa shape index (κ3) is 5.42. The first-order valence-electron chi connectivity index (χ1n) is 9.01. The molecule has 0 radical (unpaired) electrons. The second-order valence-electron chi connectivity index (χ2n) is 6.42. The number of nitrogens with one attached hydrogen (secondary N) is 1. The minimum atomic E-state index is -0.435. The molecule has 2 aromatic rings. The summed E-state index contributed by atoms with van der Waals surface area (Å²) in [6.07, 6.45) is 2.62. The lowest BCUT2D eigenvalue weighted by Crippen LogP contribution is -2.51. The molecule has 2 aromatic carbocycles. The Morgan fingerprint density at radius 1 is 1.07 bits per heavy atom. The predicted molar refractivity (Wildman–Crippen MR) is 111 cm³/mol. The zero-order valence-electron chi connectivity index (χ0n) is 15.3. The number of piperazine rings is 1. The Morgan fingerprint density at radius 3 is 2.50 bits per heavy atom. The number of hydrogen-bond donors (Lipinski definition) is 1. The van der Waals surface area contributed by atoms with Crippen LogP contribution in [0.4, 0.5) is 10.1 Å². The molecule has 1 N–H and O–H groups in total. The molecule has 1 heterocycles. The summed E-state index contributed by atoms with van der Waals surface area (Å²) in [7, 11) is 0. The van der Waals surface area contributed by atoms with Crippen LogP contribution in [0.25, 0.3) is 6.08 Å². The van der Waals surface area contributed by atoms with Crippen LogP contribution in [-0.2, 0) is 9.59 Å². The quantitative estimate of drug-likeness (QED) is 0.719. The first-order valence-corrected chi connectivity index (χ1v) is 9.81. The number of hydrogen-bond acceptors (Lipinski definition) is 3. The van der Waals surface area contributed by atoms with Gasteiger partial charge in [-0.3, -0.25) is 9.59 Å². The molecule has 1 fully saturated rings. The molecule has 0 saturated carbocycles. The van der Waals surface area contributed by atoms with E-state index in [0.717, 1.165) is 23.2 Å². The highest BCUT2D eigenvalue weighted by atomic mass is 79.9. The van der Waals surface area contributed by atoms with Crippen LogP contribution in [-0.4, -0.2) is 49.4 Å². The van der Waals surface area contributed by atoms with Crippen molar-refractivity contribution in [2.45, 2.75) is 0 Å². The van der Waals surface area contributed by atoms with E-state index in [0.29, 0.717) is 18.7 Å². The maximum absolute atomic E-state index is 13.7. The van der Waals surface area contributed by atoms with Gasteiger partial charge in [-0.25, -0.2) is 4.39 Å². The van der Waals surface area contributed by atoms with Gasteiger partial charge in [-0.1, -0.05) is 34.1 Å². The van der Waals surface area contributed by atoms with Gasteiger partial charge in [0, 0.05) is 48.0 Å². The average Bonchev–Trinajstić information content (AvgIpc) is 2.73. The van der Waals surface area contributed by atoms with Crippen LogP contribution in [0.2, 0.25) is 0 Å². The lowest BCUT2D eigenvalue weighted by molar-refractivity contribution is -0.132. The van der Waals surface area contributed by atoms with Crippen molar-refractivity contribution in [3.8, 4) is 0 Å². The highest BCUT2D eigenvalue weighted by Gasteiger charge is 2.21. The van der Waals surface area contributed by atoms with Gasteiger partial charge in [0.05, 0.1) is 6.54 Å². The fourth-order valence-electron chi connectivity index (χ4n) is 2.99. The number of benzene rings is 2. The highest BCUT2D eigenvalue weighted by Crippen LogP contribution is 2.17. The summed E-state index contributed by atoms with van der Waals surface area (Å²) in [5, 5.41) is 2.56. The molecule has 1 aliphatic rings. The predicted octanol–water partition coefficient (Wildman–Crippen LogP) is 3.07. The van der Waals surface area contributed by atoms with Gasteiger partial charge in [0.15, 0.2) is 0 Å². The van der Waals surface area contributed by atoms with Crippen LogP contribution < -0.4 is 10.2 Å². The summed E-state index contributed by atoms with van der Waals surface area (Å²) in [5.74, 6) is -0.974. The normalized spacial score (nSPS) is 14.4. The summed E-state index contributed by atoms with van der Waals surface area (Å²) in [5.41, 5.74) is 1.45. The van der Waals surface area contributed by atoms with E-state index < -0.39 is 11.7 Å². The third-order valence-electron chi connectivity index (χ3n) is 4.54. The van der Waals surface area contributed by atoms with Crippen molar-refractivity contribution < 1.29 is 14.0 Å². The number of para-hydroxylation sites is 1. The number of nitrogens with zero attached hydrogens (tertiary/aromatic N) is 2. The Morgan fingerprint density at radius 2 is 1.79 bits per heavy atom. The summed E-state index contributed by atoms with van der Waals surface area (Å²) in [6.45, 7) is 2.67. The lowest BCUT2D eigenvalue weighted by Gasteiger charge is -2.36. The van der Waals surface area contributed by atoms with Crippen LogP contribution >= 0.6 is 15.9 Å². The van der Waals surface area contributed by atoms with Gasteiger partial charge in [-0.05, 0) is 36.4 Å². The Bertz CT molecular complexity index is 865. The monoisotopic (exact) mass is 445 g/mol. The van der Waals surface area contributed by atoms with Gasteiger partial charge in [0.25, 0.3) is 0 Å². The van der Waals surface area contributed by atoms with Crippen LogP contribution in [0.1, 0.15) is 5.56 Å².